The number of carbonyl (C=O) groups is 1. The van der Waals surface area contributed by atoms with Gasteiger partial charge in [-0.3, -0.25) is 4.79 Å². The van der Waals surface area contributed by atoms with Crippen molar-refractivity contribution in [1.82, 2.24) is 5.32 Å². The second kappa shape index (κ2) is 8.37. The zero-order chi connectivity index (χ0) is 16.2. The van der Waals surface area contributed by atoms with Gasteiger partial charge in [0.2, 0.25) is 0 Å². The molecule has 1 aromatic carbocycles. The molecule has 1 atom stereocenters. The van der Waals surface area contributed by atoms with Crippen LogP contribution in [0.5, 0.6) is 5.75 Å². The van der Waals surface area contributed by atoms with Crippen LogP contribution in [0, 0.1) is 6.92 Å². The van der Waals surface area contributed by atoms with E-state index in [1.165, 1.54) is 12.1 Å². The van der Waals surface area contributed by atoms with Crippen molar-refractivity contribution >= 4 is 24.0 Å². The summed E-state index contributed by atoms with van der Waals surface area (Å²) in [7, 11) is 0. The minimum Gasteiger partial charge on any atom is -0.484 e. The lowest BCUT2D eigenvalue weighted by atomic mass is 10.2. The number of anilines is 1. The summed E-state index contributed by atoms with van der Waals surface area (Å²) in [5, 5.41) is 5.71. The predicted octanol–water partition coefficient (Wildman–Crippen LogP) is 2.28. The first-order valence-electron chi connectivity index (χ1n) is 6.78. The van der Waals surface area contributed by atoms with Gasteiger partial charge in [0.15, 0.2) is 6.61 Å². The van der Waals surface area contributed by atoms with Gasteiger partial charge in [0.1, 0.15) is 11.9 Å². The summed E-state index contributed by atoms with van der Waals surface area (Å²) in [4.78, 5) is 12.0. The summed E-state index contributed by atoms with van der Waals surface area (Å²) >= 11 is 0. The van der Waals surface area contributed by atoms with Gasteiger partial charge in [0.05, 0.1) is 6.61 Å². The fourth-order valence-electron chi connectivity index (χ4n) is 2.01. The highest BCUT2D eigenvalue weighted by Gasteiger charge is 2.28. The molecule has 1 aromatic rings. The molecule has 9 heteroatoms. The van der Waals surface area contributed by atoms with Crippen LogP contribution in [0.25, 0.3) is 0 Å². The van der Waals surface area contributed by atoms with Gasteiger partial charge in [-0.2, -0.15) is 13.2 Å². The lowest BCUT2D eigenvalue weighted by Crippen LogP contribution is -2.45. The van der Waals surface area contributed by atoms with Crippen LogP contribution in [0.1, 0.15) is 5.56 Å². The second-order valence-corrected chi connectivity index (χ2v) is 4.94. The Labute approximate surface area is 137 Å². The smallest absolute Gasteiger partial charge is 0.422 e. The van der Waals surface area contributed by atoms with E-state index in [1.54, 1.807) is 13.0 Å². The molecule has 1 aliphatic rings. The summed E-state index contributed by atoms with van der Waals surface area (Å²) in [5.74, 6) is -0.165. The van der Waals surface area contributed by atoms with Crippen molar-refractivity contribution in [3.63, 3.8) is 0 Å². The molecule has 0 spiro atoms. The van der Waals surface area contributed by atoms with Crippen LogP contribution < -0.4 is 15.4 Å². The van der Waals surface area contributed by atoms with E-state index < -0.39 is 18.9 Å². The van der Waals surface area contributed by atoms with Crippen LogP contribution in [0.15, 0.2) is 18.2 Å². The first-order chi connectivity index (χ1) is 10.3. The van der Waals surface area contributed by atoms with E-state index in [4.69, 9.17) is 9.47 Å². The highest BCUT2D eigenvalue weighted by Crippen LogP contribution is 2.24. The molecular formula is C14H18ClF3N2O3. The van der Waals surface area contributed by atoms with Gasteiger partial charge in [-0.15, -0.1) is 12.4 Å². The Morgan fingerprint density at radius 1 is 1.48 bits per heavy atom. The molecule has 0 saturated carbocycles. The van der Waals surface area contributed by atoms with Crippen molar-refractivity contribution in [3.05, 3.63) is 23.8 Å². The van der Waals surface area contributed by atoms with E-state index in [0.29, 0.717) is 30.9 Å². The number of ether oxygens (including phenoxy) is 2. The molecule has 23 heavy (non-hydrogen) atoms. The Morgan fingerprint density at radius 3 is 2.78 bits per heavy atom. The van der Waals surface area contributed by atoms with Gasteiger partial charge >= 0.3 is 6.18 Å². The molecule has 2 rings (SSSR count). The van der Waals surface area contributed by atoms with Gasteiger partial charge in [-0.1, -0.05) is 0 Å². The minimum absolute atomic E-state index is 0. The first kappa shape index (κ1) is 19.5. The molecule has 2 N–H and O–H groups in total. The number of morpholine rings is 1. The number of rotatable bonds is 4. The third-order valence-electron chi connectivity index (χ3n) is 3.05. The molecule has 1 unspecified atom stereocenters. The molecule has 1 aliphatic heterocycles. The number of halogens is 4. The Balaban J connectivity index is 0.00000264. The average molecular weight is 355 g/mol. The van der Waals surface area contributed by atoms with E-state index in [9.17, 15) is 18.0 Å². The number of carbonyl (C=O) groups excluding carboxylic acids is 1. The Bertz CT molecular complexity index is 534. The number of hydrogen-bond donors (Lipinski definition) is 2. The maximum absolute atomic E-state index is 12.1. The standard InChI is InChI=1S/C14H17F3N2O3.ClH/c1-9-6-10(2-3-11(9)22-8-14(15,16)17)19-13(20)12-7-18-4-5-21-12;/h2-3,6,12,18H,4-5,7-8H2,1H3,(H,19,20);1H. The van der Waals surface area contributed by atoms with Crippen molar-refractivity contribution < 1.29 is 27.4 Å². The number of amides is 1. The van der Waals surface area contributed by atoms with E-state index in [-0.39, 0.29) is 24.1 Å². The monoisotopic (exact) mass is 354 g/mol. The Hall–Kier alpha value is -1.51. The summed E-state index contributed by atoms with van der Waals surface area (Å²) in [6, 6.07) is 4.45. The number of alkyl halides is 3. The maximum Gasteiger partial charge on any atom is 0.422 e. The van der Waals surface area contributed by atoms with Crippen LogP contribution >= 0.6 is 12.4 Å². The van der Waals surface area contributed by atoms with E-state index in [0.717, 1.165) is 0 Å². The second-order valence-electron chi connectivity index (χ2n) is 4.94. The van der Waals surface area contributed by atoms with Crippen molar-refractivity contribution in [3.8, 4) is 5.75 Å². The van der Waals surface area contributed by atoms with E-state index in [2.05, 4.69) is 10.6 Å². The highest BCUT2D eigenvalue weighted by atomic mass is 35.5. The topological polar surface area (TPSA) is 59.6 Å². The molecule has 5 nitrogen and oxygen atoms in total. The summed E-state index contributed by atoms with van der Waals surface area (Å²) < 4.78 is 46.4. The fraction of sp³-hybridized carbons (Fsp3) is 0.500. The Kier molecular flexibility index (Phi) is 7.11. The average Bonchev–Trinajstić information content (AvgIpc) is 2.46. The van der Waals surface area contributed by atoms with Gasteiger partial charge in [-0.25, -0.2) is 0 Å². The molecular weight excluding hydrogens is 337 g/mol. The van der Waals surface area contributed by atoms with E-state index >= 15 is 0 Å². The SMILES string of the molecule is Cc1cc(NC(=O)C2CNCCO2)ccc1OCC(F)(F)F.Cl. The lowest BCUT2D eigenvalue weighted by molar-refractivity contribution is -0.153. The summed E-state index contributed by atoms with van der Waals surface area (Å²) in [5.41, 5.74) is 0.987. The van der Waals surface area contributed by atoms with Gasteiger partial charge < -0.3 is 20.1 Å². The number of aryl methyl sites for hydroxylation is 1. The minimum atomic E-state index is -4.38. The van der Waals surface area contributed by atoms with Crippen LogP contribution in [-0.4, -0.2) is 44.5 Å². The molecule has 1 saturated heterocycles. The zero-order valence-corrected chi connectivity index (χ0v) is 13.2. The van der Waals surface area contributed by atoms with Crippen molar-refractivity contribution in [2.45, 2.75) is 19.2 Å². The number of hydrogen-bond acceptors (Lipinski definition) is 4. The molecule has 0 aromatic heterocycles. The van der Waals surface area contributed by atoms with Crippen molar-refractivity contribution in [2.75, 3.05) is 31.6 Å². The third kappa shape index (κ3) is 6.25. The molecule has 0 bridgehead atoms. The molecule has 0 radical (unpaired) electrons. The van der Waals surface area contributed by atoms with Crippen LogP contribution in [-0.2, 0) is 9.53 Å². The number of nitrogens with one attached hydrogen (secondary N) is 2. The van der Waals surface area contributed by atoms with Gasteiger partial charge in [-0.05, 0) is 30.7 Å². The maximum atomic E-state index is 12.1. The van der Waals surface area contributed by atoms with Crippen molar-refractivity contribution in [2.24, 2.45) is 0 Å². The van der Waals surface area contributed by atoms with E-state index in [1.807, 2.05) is 0 Å². The molecule has 1 heterocycles. The molecule has 130 valence electrons. The zero-order valence-electron chi connectivity index (χ0n) is 12.4. The number of benzene rings is 1. The summed E-state index contributed by atoms with van der Waals surface area (Å²) in [6.45, 7) is 1.86. The van der Waals surface area contributed by atoms with Crippen LogP contribution in [0.3, 0.4) is 0 Å². The summed E-state index contributed by atoms with van der Waals surface area (Å²) in [6.07, 6.45) is -4.96. The molecule has 0 aliphatic carbocycles. The Morgan fingerprint density at radius 2 is 2.22 bits per heavy atom. The quantitative estimate of drug-likeness (QED) is 0.871. The normalized spacial score (nSPS) is 18.0. The van der Waals surface area contributed by atoms with Crippen LogP contribution in [0.2, 0.25) is 0 Å². The third-order valence-corrected chi connectivity index (χ3v) is 3.05. The molecule has 1 fully saturated rings. The van der Waals surface area contributed by atoms with Gasteiger partial charge in [0.25, 0.3) is 5.91 Å². The highest BCUT2D eigenvalue weighted by molar-refractivity contribution is 5.94. The van der Waals surface area contributed by atoms with Crippen LogP contribution in [0.4, 0.5) is 18.9 Å². The predicted molar refractivity (Wildman–Crippen MR) is 81.2 cm³/mol. The fourth-order valence-corrected chi connectivity index (χ4v) is 2.01. The largest absolute Gasteiger partial charge is 0.484 e. The lowest BCUT2D eigenvalue weighted by Gasteiger charge is -2.22. The molecule has 1 amide bonds. The first-order valence-corrected chi connectivity index (χ1v) is 6.78. The van der Waals surface area contributed by atoms with Gasteiger partial charge in [0, 0.05) is 18.8 Å². The van der Waals surface area contributed by atoms with Crippen molar-refractivity contribution in [1.29, 1.82) is 0 Å².